The lowest BCUT2D eigenvalue weighted by Crippen LogP contribution is -2.27. The zero-order valence-electron chi connectivity index (χ0n) is 15.5. The number of sulfonamides is 2. The van der Waals surface area contributed by atoms with Crippen LogP contribution in [-0.4, -0.2) is 16.8 Å². The molecule has 0 saturated heterocycles. The highest BCUT2D eigenvalue weighted by Crippen LogP contribution is 2.45. The Kier molecular flexibility index (Phi) is 8.18. The van der Waals surface area contributed by atoms with Crippen LogP contribution in [0.4, 0.5) is 0 Å². The van der Waals surface area contributed by atoms with Gasteiger partial charge in [-0.15, -0.1) is 7.90 Å². The summed E-state index contributed by atoms with van der Waals surface area (Å²) in [5.41, 5.74) is 0. The highest BCUT2D eigenvalue weighted by atomic mass is 35.5. The molecule has 0 heterocycles. The Morgan fingerprint density at radius 1 is 0.625 bits per heavy atom. The fourth-order valence-corrected chi connectivity index (χ4v) is 8.96. The van der Waals surface area contributed by atoms with Crippen molar-refractivity contribution in [3.05, 3.63) is 85.8 Å². The molecule has 3 aromatic carbocycles. The third-order valence-electron chi connectivity index (χ3n) is 3.82. The van der Waals surface area contributed by atoms with Gasteiger partial charge in [0.1, 0.15) is 0 Å². The van der Waals surface area contributed by atoms with Gasteiger partial charge >= 0.3 is 0 Å². The lowest BCUT2D eigenvalue weighted by atomic mass is 10.3. The van der Waals surface area contributed by atoms with Crippen molar-refractivity contribution in [3.8, 4) is 0 Å². The topological polar surface area (TPSA) is 92.7 Å². The molecule has 3 aromatic rings. The average Bonchev–Trinajstić information content (AvgIpc) is 2.77. The van der Waals surface area contributed by atoms with Crippen LogP contribution in [0.25, 0.3) is 0 Å². The fraction of sp³-hybridized carbons (Fsp3) is 0. The third-order valence-corrected chi connectivity index (χ3v) is 11.8. The molecule has 0 radical (unpaired) electrons. The lowest BCUT2D eigenvalue weighted by Gasteiger charge is -2.16. The monoisotopic (exact) mass is 590 g/mol. The van der Waals surface area contributed by atoms with E-state index < -0.39 is 30.9 Å². The van der Waals surface area contributed by atoms with Crippen molar-refractivity contribution in [2.45, 2.75) is 14.7 Å². The zero-order valence-corrected chi connectivity index (χ0v) is 21.7. The Bertz CT molecular complexity index is 1390. The SMILES string of the molecule is O=S(=O)(/N=S(\NS(=O)(=O)c1ccccc1)c1c(Cl)c(Cl)c(Cl)c(Cl)c1Cl)c1ccccc1. The van der Waals surface area contributed by atoms with E-state index >= 15 is 0 Å². The molecule has 0 aromatic heterocycles. The van der Waals surface area contributed by atoms with E-state index in [9.17, 15) is 16.8 Å². The van der Waals surface area contributed by atoms with Gasteiger partial charge in [-0.25, -0.2) is 8.42 Å². The van der Waals surface area contributed by atoms with E-state index in [0.717, 1.165) is 0 Å². The Morgan fingerprint density at radius 3 is 1.50 bits per heavy atom. The van der Waals surface area contributed by atoms with Crippen molar-refractivity contribution in [2.24, 2.45) is 3.77 Å². The van der Waals surface area contributed by atoms with Gasteiger partial charge in [-0.1, -0.05) is 94.4 Å². The van der Waals surface area contributed by atoms with Crippen LogP contribution >= 0.6 is 58.0 Å². The second-order valence-electron chi connectivity index (χ2n) is 5.95. The van der Waals surface area contributed by atoms with E-state index in [1.54, 1.807) is 12.1 Å². The van der Waals surface area contributed by atoms with Gasteiger partial charge in [0.15, 0.2) is 0 Å². The van der Waals surface area contributed by atoms with Crippen LogP contribution in [0.2, 0.25) is 25.1 Å². The largest absolute Gasteiger partial charge is 0.289 e. The minimum Gasteiger partial charge on any atom is -0.206 e. The molecule has 0 aliphatic heterocycles. The number of hydrogen-bond donors (Lipinski definition) is 1. The number of nitrogens with zero attached hydrogens (tertiary/aromatic N) is 1. The van der Waals surface area contributed by atoms with E-state index in [4.69, 9.17) is 58.0 Å². The molecule has 14 heteroatoms. The van der Waals surface area contributed by atoms with Crippen molar-refractivity contribution in [1.29, 1.82) is 0 Å². The molecule has 0 aliphatic carbocycles. The number of hydrogen-bond acceptors (Lipinski definition) is 4. The normalized spacial score (nSPS) is 13.3. The highest BCUT2D eigenvalue weighted by molar-refractivity contribution is 8.06. The summed E-state index contributed by atoms with van der Waals surface area (Å²) in [5, 5.41) is -1.23. The van der Waals surface area contributed by atoms with E-state index in [1.165, 1.54) is 48.5 Å². The average molecular weight is 593 g/mol. The standard InChI is InChI=1S/C18H11Cl5N2O4S3/c19-13-14(20)16(22)18(17(23)15(13)21)30(24-31(26,27)11-7-3-1-4-8-11)25-32(28,29)12-9-5-2-6-10-12/h1-10H,(H,24,25). The quantitative estimate of drug-likeness (QED) is 0.265. The van der Waals surface area contributed by atoms with Gasteiger partial charge in [0.05, 0.1) is 39.8 Å². The van der Waals surface area contributed by atoms with Crippen molar-refractivity contribution >= 4 is 88.9 Å². The zero-order chi connectivity index (χ0) is 23.7. The molecule has 0 bridgehead atoms. The van der Waals surface area contributed by atoms with Crippen molar-refractivity contribution < 1.29 is 16.8 Å². The minimum atomic E-state index is -4.36. The summed E-state index contributed by atoms with van der Waals surface area (Å²) in [4.78, 5) is -0.551. The van der Waals surface area contributed by atoms with Gasteiger partial charge in [0, 0.05) is 10.9 Å². The molecular weight excluding hydrogens is 582 g/mol. The second-order valence-corrected chi connectivity index (χ2v) is 13.0. The Hall–Kier alpha value is -0.880. The van der Waals surface area contributed by atoms with Gasteiger partial charge in [-0.3, -0.25) is 0 Å². The van der Waals surface area contributed by atoms with Crippen LogP contribution in [0.3, 0.4) is 0 Å². The molecule has 0 fully saturated rings. The predicted molar refractivity (Wildman–Crippen MR) is 130 cm³/mol. The lowest BCUT2D eigenvalue weighted by molar-refractivity contribution is 0.594. The van der Waals surface area contributed by atoms with Crippen LogP contribution in [0.1, 0.15) is 0 Å². The second kappa shape index (κ2) is 10.2. The van der Waals surface area contributed by atoms with Crippen LogP contribution in [-0.2, 0) is 30.9 Å². The summed E-state index contributed by atoms with van der Waals surface area (Å²) in [6.45, 7) is 0. The summed E-state index contributed by atoms with van der Waals surface area (Å²) >= 11 is 30.8. The van der Waals surface area contributed by atoms with Crippen molar-refractivity contribution in [2.75, 3.05) is 0 Å². The van der Waals surface area contributed by atoms with Gasteiger partial charge in [0.25, 0.3) is 20.0 Å². The smallest absolute Gasteiger partial charge is 0.206 e. The summed E-state index contributed by atoms with van der Waals surface area (Å²) in [7, 11) is -10.8. The van der Waals surface area contributed by atoms with Crippen LogP contribution < -0.4 is 4.13 Å². The molecule has 32 heavy (non-hydrogen) atoms. The van der Waals surface area contributed by atoms with Crippen LogP contribution in [0, 0.1) is 0 Å². The van der Waals surface area contributed by atoms with Gasteiger partial charge in [-0.2, -0.15) is 8.42 Å². The first-order valence-electron chi connectivity index (χ1n) is 8.32. The number of benzene rings is 3. The molecule has 0 aliphatic rings. The van der Waals surface area contributed by atoms with E-state index in [1.807, 2.05) is 0 Å². The highest BCUT2D eigenvalue weighted by Gasteiger charge is 2.28. The Morgan fingerprint density at radius 2 is 1.03 bits per heavy atom. The minimum absolute atomic E-state index is 0.136. The van der Waals surface area contributed by atoms with E-state index in [2.05, 4.69) is 7.90 Å². The first-order valence-corrected chi connectivity index (χ1v) is 14.3. The maximum atomic E-state index is 13.0. The van der Waals surface area contributed by atoms with Gasteiger partial charge in [-0.05, 0) is 24.3 Å². The maximum absolute atomic E-state index is 13.0. The molecule has 170 valence electrons. The molecule has 1 unspecified atom stereocenters. The molecule has 0 saturated carbocycles. The molecule has 6 nitrogen and oxygen atoms in total. The fourth-order valence-electron chi connectivity index (χ4n) is 2.33. The first kappa shape index (κ1) is 25.7. The van der Waals surface area contributed by atoms with E-state index in [0.29, 0.717) is 0 Å². The third kappa shape index (κ3) is 5.43. The molecule has 3 rings (SSSR count). The Labute approximate surface area is 212 Å². The summed E-state index contributed by atoms with van der Waals surface area (Å²) in [5.74, 6) is 0. The molecule has 1 N–H and O–H groups in total. The van der Waals surface area contributed by atoms with Gasteiger partial charge < -0.3 is 0 Å². The van der Waals surface area contributed by atoms with E-state index in [-0.39, 0.29) is 39.8 Å². The molecule has 1 atom stereocenters. The molecule has 0 spiro atoms. The summed E-state index contributed by atoms with van der Waals surface area (Å²) in [6.07, 6.45) is 0. The number of nitrogens with one attached hydrogen (secondary N) is 1. The first-order chi connectivity index (χ1) is 15.0. The molecule has 0 amide bonds. The summed E-state index contributed by atoms with van der Waals surface area (Å²) < 4.78 is 57.8. The van der Waals surface area contributed by atoms with Crippen LogP contribution in [0.5, 0.6) is 0 Å². The number of halogens is 5. The Balaban J connectivity index is 2.29. The van der Waals surface area contributed by atoms with Gasteiger partial charge in [0.2, 0.25) is 0 Å². The maximum Gasteiger partial charge on any atom is 0.289 e. The number of rotatable bonds is 6. The van der Waals surface area contributed by atoms with Crippen LogP contribution in [0.15, 0.2) is 79.1 Å². The van der Waals surface area contributed by atoms with Crippen molar-refractivity contribution in [3.63, 3.8) is 0 Å². The molecular formula is C18H11Cl5N2O4S3. The summed E-state index contributed by atoms with van der Waals surface area (Å²) in [6, 6.07) is 14.5. The van der Waals surface area contributed by atoms with Crippen molar-refractivity contribution in [1.82, 2.24) is 4.13 Å². The predicted octanol–water partition coefficient (Wildman–Crippen LogP) is 6.40.